The topological polar surface area (TPSA) is 90.9 Å². The first-order valence-corrected chi connectivity index (χ1v) is 6.45. The van der Waals surface area contributed by atoms with Crippen molar-refractivity contribution in [1.29, 1.82) is 5.26 Å². The number of nitrogens with one attached hydrogen (secondary N) is 2. The number of carbonyl (C=O) groups excluding carboxylic acids is 1. The SMILES string of the molecule is Cc1ccc(NN)c(C(=O)Nc2cccc(C)c2C#N)c1. The summed E-state index contributed by atoms with van der Waals surface area (Å²) in [4.78, 5) is 12.4. The zero-order valence-electron chi connectivity index (χ0n) is 11.9. The summed E-state index contributed by atoms with van der Waals surface area (Å²) in [5, 5.41) is 12.0. The van der Waals surface area contributed by atoms with Crippen LogP contribution in [0.25, 0.3) is 0 Å². The fraction of sp³-hybridized carbons (Fsp3) is 0.125. The third kappa shape index (κ3) is 3.02. The van der Waals surface area contributed by atoms with Gasteiger partial charge in [-0.1, -0.05) is 23.8 Å². The molecule has 0 unspecified atom stereocenters. The van der Waals surface area contributed by atoms with Crippen LogP contribution in [-0.4, -0.2) is 5.91 Å². The number of hydrogen-bond donors (Lipinski definition) is 3. The smallest absolute Gasteiger partial charge is 0.257 e. The first kappa shape index (κ1) is 14.6. The predicted octanol–water partition coefficient (Wildman–Crippen LogP) is 2.71. The van der Waals surface area contributed by atoms with Gasteiger partial charge in [-0.05, 0) is 37.6 Å². The Hall–Kier alpha value is -2.84. The lowest BCUT2D eigenvalue weighted by molar-refractivity contribution is 0.102. The van der Waals surface area contributed by atoms with Crippen molar-refractivity contribution in [3.05, 3.63) is 58.7 Å². The molecule has 2 aromatic carbocycles. The van der Waals surface area contributed by atoms with Gasteiger partial charge in [0.1, 0.15) is 6.07 Å². The third-order valence-electron chi connectivity index (χ3n) is 3.21. The molecular weight excluding hydrogens is 264 g/mol. The summed E-state index contributed by atoms with van der Waals surface area (Å²) >= 11 is 0. The molecule has 0 saturated heterocycles. The van der Waals surface area contributed by atoms with Gasteiger partial charge in [-0.3, -0.25) is 10.6 Å². The maximum absolute atomic E-state index is 12.4. The van der Waals surface area contributed by atoms with Gasteiger partial charge in [0.05, 0.1) is 22.5 Å². The van der Waals surface area contributed by atoms with Crippen LogP contribution in [0.5, 0.6) is 0 Å². The summed E-state index contributed by atoms with van der Waals surface area (Å²) in [5.74, 6) is 5.12. The number of carbonyl (C=O) groups is 1. The Morgan fingerprint density at radius 2 is 1.95 bits per heavy atom. The van der Waals surface area contributed by atoms with Crippen molar-refractivity contribution in [2.24, 2.45) is 5.84 Å². The van der Waals surface area contributed by atoms with Crippen molar-refractivity contribution in [3.8, 4) is 6.07 Å². The van der Waals surface area contributed by atoms with Gasteiger partial charge in [-0.2, -0.15) is 5.26 Å². The number of nitriles is 1. The highest BCUT2D eigenvalue weighted by molar-refractivity contribution is 6.08. The van der Waals surface area contributed by atoms with Gasteiger partial charge in [0, 0.05) is 0 Å². The van der Waals surface area contributed by atoms with Crippen LogP contribution in [0.4, 0.5) is 11.4 Å². The van der Waals surface area contributed by atoms with Crippen LogP contribution in [-0.2, 0) is 0 Å². The fourth-order valence-electron chi connectivity index (χ4n) is 2.08. The maximum atomic E-state index is 12.4. The van der Waals surface area contributed by atoms with E-state index in [-0.39, 0.29) is 5.91 Å². The Morgan fingerprint density at radius 1 is 1.19 bits per heavy atom. The standard InChI is InChI=1S/C16H16N4O/c1-10-6-7-15(20-18)12(8-10)16(21)19-14-5-3-4-11(2)13(14)9-17/h3-8,20H,18H2,1-2H3,(H,19,21). The molecule has 106 valence electrons. The average Bonchev–Trinajstić information content (AvgIpc) is 2.47. The number of nitrogens with zero attached hydrogens (tertiary/aromatic N) is 1. The van der Waals surface area contributed by atoms with Crippen LogP contribution in [0.15, 0.2) is 36.4 Å². The molecule has 0 radical (unpaired) electrons. The second-order valence-electron chi connectivity index (χ2n) is 4.76. The van der Waals surface area contributed by atoms with E-state index < -0.39 is 0 Å². The number of nitrogen functional groups attached to an aromatic ring is 1. The van der Waals surface area contributed by atoms with Crippen molar-refractivity contribution in [2.75, 3.05) is 10.7 Å². The van der Waals surface area contributed by atoms with Crippen molar-refractivity contribution >= 4 is 17.3 Å². The van der Waals surface area contributed by atoms with Crippen LogP contribution in [0.1, 0.15) is 27.0 Å². The molecule has 4 N–H and O–H groups in total. The maximum Gasteiger partial charge on any atom is 0.257 e. The molecule has 0 aliphatic rings. The Morgan fingerprint density at radius 3 is 2.62 bits per heavy atom. The number of nitrogens with two attached hydrogens (primary N) is 1. The van der Waals surface area contributed by atoms with Gasteiger partial charge >= 0.3 is 0 Å². The van der Waals surface area contributed by atoms with Crippen LogP contribution in [0, 0.1) is 25.2 Å². The van der Waals surface area contributed by atoms with E-state index in [9.17, 15) is 10.1 Å². The van der Waals surface area contributed by atoms with E-state index in [2.05, 4.69) is 16.8 Å². The molecule has 5 nitrogen and oxygen atoms in total. The molecule has 0 spiro atoms. The number of rotatable bonds is 3. The van der Waals surface area contributed by atoms with Crippen LogP contribution in [0.3, 0.4) is 0 Å². The normalized spacial score (nSPS) is 9.81. The lowest BCUT2D eigenvalue weighted by Crippen LogP contribution is -2.18. The molecule has 0 heterocycles. The first-order valence-electron chi connectivity index (χ1n) is 6.45. The van der Waals surface area contributed by atoms with E-state index in [4.69, 9.17) is 5.84 Å². The summed E-state index contributed by atoms with van der Waals surface area (Å²) in [6.45, 7) is 3.72. The van der Waals surface area contributed by atoms with Gasteiger partial charge in [-0.15, -0.1) is 0 Å². The number of anilines is 2. The molecule has 1 amide bonds. The van der Waals surface area contributed by atoms with E-state index in [0.717, 1.165) is 11.1 Å². The number of amides is 1. The van der Waals surface area contributed by atoms with Crippen molar-refractivity contribution in [3.63, 3.8) is 0 Å². The molecule has 0 aromatic heterocycles. The lowest BCUT2D eigenvalue weighted by atomic mass is 10.1. The second-order valence-corrected chi connectivity index (χ2v) is 4.76. The zero-order chi connectivity index (χ0) is 15.4. The molecule has 0 fully saturated rings. The van der Waals surface area contributed by atoms with E-state index in [0.29, 0.717) is 22.5 Å². The van der Waals surface area contributed by atoms with Gasteiger partial charge < -0.3 is 10.7 Å². The summed E-state index contributed by atoms with van der Waals surface area (Å²) in [5.41, 5.74) is 6.18. The summed E-state index contributed by atoms with van der Waals surface area (Å²) < 4.78 is 0. The molecule has 5 heteroatoms. The second kappa shape index (κ2) is 6.07. The van der Waals surface area contributed by atoms with Crippen molar-refractivity contribution in [2.45, 2.75) is 13.8 Å². The number of benzene rings is 2. The molecule has 2 aromatic rings. The lowest BCUT2D eigenvalue weighted by Gasteiger charge is -2.12. The minimum Gasteiger partial charge on any atom is -0.323 e. The highest BCUT2D eigenvalue weighted by Gasteiger charge is 2.14. The quantitative estimate of drug-likeness (QED) is 0.595. The summed E-state index contributed by atoms with van der Waals surface area (Å²) in [7, 11) is 0. The molecule has 21 heavy (non-hydrogen) atoms. The highest BCUT2D eigenvalue weighted by Crippen LogP contribution is 2.22. The Kier molecular flexibility index (Phi) is 4.21. The summed E-state index contributed by atoms with van der Waals surface area (Å²) in [6, 6.07) is 12.8. The molecule has 0 bridgehead atoms. The average molecular weight is 280 g/mol. The molecular formula is C16H16N4O. The molecule has 0 aliphatic heterocycles. The number of hydrogen-bond acceptors (Lipinski definition) is 4. The van der Waals surface area contributed by atoms with Gasteiger partial charge in [0.15, 0.2) is 0 Å². The molecule has 2 rings (SSSR count). The Balaban J connectivity index is 2.38. The minimum atomic E-state index is -0.311. The highest BCUT2D eigenvalue weighted by atomic mass is 16.1. The third-order valence-corrected chi connectivity index (χ3v) is 3.21. The monoisotopic (exact) mass is 280 g/mol. The van der Waals surface area contributed by atoms with Gasteiger partial charge in [-0.25, -0.2) is 0 Å². The Bertz CT molecular complexity index is 732. The van der Waals surface area contributed by atoms with E-state index >= 15 is 0 Å². The zero-order valence-corrected chi connectivity index (χ0v) is 11.9. The Labute approximate surface area is 123 Å². The first-order chi connectivity index (χ1) is 10.1. The van der Waals surface area contributed by atoms with E-state index in [1.807, 2.05) is 26.0 Å². The fourth-order valence-corrected chi connectivity index (χ4v) is 2.08. The minimum absolute atomic E-state index is 0.311. The van der Waals surface area contributed by atoms with Crippen LogP contribution in [0.2, 0.25) is 0 Å². The molecule has 0 aliphatic carbocycles. The number of aryl methyl sites for hydroxylation is 2. The molecule has 0 saturated carbocycles. The largest absolute Gasteiger partial charge is 0.323 e. The van der Waals surface area contributed by atoms with Crippen LogP contribution >= 0.6 is 0 Å². The predicted molar refractivity (Wildman–Crippen MR) is 82.8 cm³/mol. The van der Waals surface area contributed by atoms with Gasteiger partial charge in [0.25, 0.3) is 5.91 Å². The number of hydrazine groups is 1. The molecule has 0 atom stereocenters. The van der Waals surface area contributed by atoms with E-state index in [1.165, 1.54) is 0 Å². The van der Waals surface area contributed by atoms with E-state index in [1.54, 1.807) is 24.3 Å². The van der Waals surface area contributed by atoms with Gasteiger partial charge in [0.2, 0.25) is 0 Å². The van der Waals surface area contributed by atoms with Crippen molar-refractivity contribution in [1.82, 2.24) is 0 Å². The van der Waals surface area contributed by atoms with Crippen molar-refractivity contribution < 1.29 is 4.79 Å². The summed E-state index contributed by atoms with van der Waals surface area (Å²) in [6.07, 6.45) is 0. The van der Waals surface area contributed by atoms with Crippen LogP contribution < -0.4 is 16.6 Å².